The van der Waals surface area contributed by atoms with Crippen molar-refractivity contribution >= 4 is 47.7 Å². The molecule has 0 unspecified atom stereocenters. The van der Waals surface area contributed by atoms with E-state index in [1.54, 1.807) is 0 Å². The van der Waals surface area contributed by atoms with Crippen LogP contribution in [0.5, 0.6) is 5.75 Å². The largest absolute Gasteiger partial charge is 0.505 e. The molecule has 0 amide bonds. The Balaban J connectivity index is 2.62. The molecule has 3 aromatic heterocycles. The van der Waals surface area contributed by atoms with Gasteiger partial charge in [0.15, 0.2) is 5.75 Å². The first-order valence-corrected chi connectivity index (χ1v) is 7.23. The summed E-state index contributed by atoms with van der Waals surface area (Å²) in [5.74, 6) is -0.387. The zero-order valence-electron chi connectivity index (χ0n) is 10.3. The van der Waals surface area contributed by atoms with Gasteiger partial charge in [0.25, 0.3) is 5.56 Å². The molecule has 0 aliphatic rings. The quantitative estimate of drug-likeness (QED) is 0.622. The van der Waals surface area contributed by atoms with Crippen LogP contribution in [0.1, 0.15) is 11.3 Å². The van der Waals surface area contributed by atoms with Crippen LogP contribution in [0.15, 0.2) is 15.3 Å². The lowest BCUT2D eigenvalue weighted by atomic mass is 10.1. The van der Waals surface area contributed by atoms with E-state index in [2.05, 4.69) is 25.9 Å². The summed E-state index contributed by atoms with van der Waals surface area (Å²) in [6.45, 7) is 1.46. The molecule has 4 nitrogen and oxygen atoms in total. The molecule has 0 radical (unpaired) electrons. The highest BCUT2D eigenvalue weighted by molar-refractivity contribution is 9.10. The third kappa shape index (κ3) is 2.11. The molecule has 9 heteroatoms. The molecule has 0 fully saturated rings. The highest BCUT2D eigenvalue weighted by atomic mass is 79.9. The standard InChI is InChI=1S/C12H6BrF3N2O2S/c1-3-2-4(12(14,15)16)5-7-9(21-11(5)17-3)8(19)6(13)10(20)18-7/h2H,1H3,(H2,18,19,20). The van der Waals surface area contributed by atoms with Crippen molar-refractivity contribution in [3.8, 4) is 5.75 Å². The maximum Gasteiger partial charge on any atom is 0.417 e. The van der Waals surface area contributed by atoms with E-state index in [-0.39, 0.29) is 36.3 Å². The normalized spacial score (nSPS) is 12.4. The van der Waals surface area contributed by atoms with E-state index >= 15 is 0 Å². The molecule has 0 saturated carbocycles. The number of aromatic hydroxyl groups is 1. The second-order valence-corrected chi connectivity index (χ2v) is 6.20. The third-order valence-electron chi connectivity index (χ3n) is 2.96. The number of halogens is 4. The Morgan fingerprint density at radius 2 is 2.10 bits per heavy atom. The summed E-state index contributed by atoms with van der Waals surface area (Å²) in [6.07, 6.45) is -4.58. The molecule has 0 atom stereocenters. The van der Waals surface area contributed by atoms with E-state index in [0.717, 1.165) is 17.4 Å². The van der Waals surface area contributed by atoms with Crippen molar-refractivity contribution in [1.29, 1.82) is 0 Å². The topological polar surface area (TPSA) is 66.0 Å². The summed E-state index contributed by atoms with van der Waals surface area (Å²) < 4.78 is 39.6. The lowest BCUT2D eigenvalue weighted by Crippen LogP contribution is -2.09. The molecule has 3 aromatic rings. The average molecular weight is 379 g/mol. The van der Waals surface area contributed by atoms with Crippen LogP contribution in [0.4, 0.5) is 13.2 Å². The van der Waals surface area contributed by atoms with Crippen molar-refractivity contribution in [2.75, 3.05) is 0 Å². The van der Waals surface area contributed by atoms with Gasteiger partial charge in [-0.1, -0.05) is 0 Å². The smallest absolute Gasteiger partial charge is 0.417 e. The maximum absolute atomic E-state index is 13.2. The number of H-pyrrole nitrogens is 1. The summed E-state index contributed by atoms with van der Waals surface area (Å²) in [5.41, 5.74) is -1.43. The van der Waals surface area contributed by atoms with Crippen molar-refractivity contribution in [2.45, 2.75) is 13.1 Å². The Kier molecular flexibility index (Phi) is 3.03. The second-order valence-electron chi connectivity index (χ2n) is 4.41. The van der Waals surface area contributed by atoms with Crippen molar-refractivity contribution in [3.63, 3.8) is 0 Å². The van der Waals surface area contributed by atoms with Gasteiger partial charge in [0.2, 0.25) is 0 Å². The van der Waals surface area contributed by atoms with Crippen molar-refractivity contribution in [2.24, 2.45) is 0 Å². The highest BCUT2D eigenvalue weighted by Crippen LogP contribution is 2.44. The monoisotopic (exact) mass is 378 g/mol. The maximum atomic E-state index is 13.2. The van der Waals surface area contributed by atoms with Gasteiger partial charge in [-0.05, 0) is 28.9 Å². The van der Waals surface area contributed by atoms with E-state index in [1.807, 2.05) is 0 Å². The van der Waals surface area contributed by atoms with Gasteiger partial charge < -0.3 is 10.1 Å². The van der Waals surface area contributed by atoms with Crippen molar-refractivity contribution < 1.29 is 18.3 Å². The van der Waals surface area contributed by atoms with Crippen molar-refractivity contribution in [3.05, 3.63) is 32.2 Å². The summed E-state index contributed by atoms with van der Waals surface area (Å²) in [6, 6.07) is 0.923. The Morgan fingerprint density at radius 1 is 1.43 bits per heavy atom. The lowest BCUT2D eigenvalue weighted by Gasteiger charge is -2.09. The van der Waals surface area contributed by atoms with Gasteiger partial charge in [0, 0.05) is 11.1 Å². The minimum Gasteiger partial charge on any atom is -0.505 e. The molecule has 0 saturated heterocycles. The summed E-state index contributed by atoms with van der Waals surface area (Å²) in [4.78, 5) is 18.2. The molecule has 2 N–H and O–H groups in total. The third-order valence-corrected chi connectivity index (χ3v) is 4.78. The molecule has 0 aliphatic heterocycles. The molecular formula is C12H6BrF3N2O2S. The number of thiophene rings is 1. The Bertz CT molecular complexity index is 946. The minimum absolute atomic E-state index is 0.0551. The Labute approximate surface area is 127 Å². The number of hydrogen-bond donors (Lipinski definition) is 2. The number of nitrogens with zero attached hydrogens (tertiary/aromatic N) is 1. The number of alkyl halides is 3. The number of hydrogen-bond acceptors (Lipinski definition) is 4. The fourth-order valence-corrected chi connectivity index (χ4v) is 3.69. The van der Waals surface area contributed by atoms with Crippen LogP contribution >= 0.6 is 27.3 Å². The van der Waals surface area contributed by atoms with E-state index in [9.17, 15) is 23.1 Å². The number of aromatic amines is 1. The van der Waals surface area contributed by atoms with E-state index < -0.39 is 17.3 Å². The van der Waals surface area contributed by atoms with Crippen LogP contribution < -0.4 is 5.56 Å². The Morgan fingerprint density at radius 3 is 2.71 bits per heavy atom. The van der Waals surface area contributed by atoms with Gasteiger partial charge in [-0.15, -0.1) is 11.3 Å². The number of rotatable bonds is 0. The van der Waals surface area contributed by atoms with E-state index in [0.29, 0.717) is 0 Å². The molecular weight excluding hydrogens is 373 g/mol. The van der Waals surface area contributed by atoms with Crippen LogP contribution in [0.2, 0.25) is 0 Å². The van der Waals surface area contributed by atoms with Gasteiger partial charge in [-0.3, -0.25) is 4.79 Å². The number of aryl methyl sites for hydroxylation is 1. The summed E-state index contributed by atoms with van der Waals surface area (Å²) in [7, 11) is 0. The summed E-state index contributed by atoms with van der Waals surface area (Å²) in [5, 5.41) is 9.74. The minimum atomic E-state index is -4.58. The number of pyridine rings is 2. The Hall–Kier alpha value is -1.61. The first-order valence-electron chi connectivity index (χ1n) is 5.62. The molecule has 110 valence electrons. The van der Waals surface area contributed by atoms with E-state index in [4.69, 9.17) is 0 Å². The molecule has 0 aliphatic carbocycles. The molecule has 0 aromatic carbocycles. The number of fused-ring (bicyclic) bond motifs is 3. The predicted octanol–water partition coefficient (Wildman–Crippen LogP) is 3.93. The average Bonchev–Trinajstić information content (AvgIpc) is 2.72. The molecule has 0 spiro atoms. The molecule has 21 heavy (non-hydrogen) atoms. The fraction of sp³-hybridized carbons (Fsp3) is 0.167. The molecule has 0 bridgehead atoms. The van der Waals surface area contributed by atoms with E-state index in [1.165, 1.54) is 6.92 Å². The SMILES string of the molecule is Cc1cc(C(F)(F)F)c2c(n1)sc1c(O)c(Br)c(=O)[nH]c12. The number of nitrogens with one attached hydrogen (secondary N) is 1. The fourth-order valence-electron chi connectivity index (χ4n) is 2.11. The number of aromatic nitrogens is 2. The molecule has 3 rings (SSSR count). The highest BCUT2D eigenvalue weighted by Gasteiger charge is 2.35. The van der Waals surface area contributed by atoms with Gasteiger partial charge in [-0.25, -0.2) is 4.98 Å². The van der Waals surface area contributed by atoms with Gasteiger partial charge >= 0.3 is 6.18 Å². The first-order chi connectivity index (χ1) is 9.70. The zero-order valence-corrected chi connectivity index (χ0v) is 12.7. The van der Waals surface area contributed by atoms with Crippen LogP contribution in [0.25, 0.3) is 20.4 Å². The lowest BCUT2D eigenvalue weighted by molar-refractivity contribution is -0.136. The van der Waals surface area contributed by atoms with Gasteiger partial charge in [0.1, 0.15) is 9.30 Å². The van der Waals surface area contributed by atoms with Crippen LogP contribution in [-0.2, 0) is 6.18 Å². The summed E-state index contributed by atoms with van der Waals surface area (Å²) >= 11 is 3.79. The van der Waals surface area contributed by atoms with Gasteiger partial charge in [-0.2, -0.15) is 13.2 Å². The predicted molar refractivity (Wildman–Crippen MR) is 76.9 cm³/mol. The zero-order chi connectivity index (χ0) is 15.5. The van der Waals surface area contributed by atoms with Crippen LogP contribution in [0, 0.1) is 6.92 Å². The first kappa shape index (κ1) is 14.3. The van der Waals surface area contributed by atoms with Crippen LogP contribution in [0.3, 0.4) is 0 Å². The van der Waals surface area contributed by atoms with Crippen LogP contribution in [-0.4, -0.2) is 15.1 Å². The van der Waals surface area contributed by atoms with Gasteiger partial charge in [0.05, 0.1) is 15.8 Å². The molecule has 3 heterocycles. The van der Waals surface area contributed by atoms with Crippen molar-refractivity contribution in [1.82, 2.24) is 9.97 Å². The second kappa shape index (κ2) is 4.44.